The predicted molar refractivity (Wildman–Crippen MR) is 74.6 cm³/mol. The zero-order chi connectivity index (χ0) is 13.7. The molecular weight excluding hydrogens is 284 g/mol. The van der Waals surface area contributed by atoms with Gasteiger partial charge in [-0.2, -0.15) is 0 Å². The molecule has 0 aliphatic carbocycles. The molecule has 0 fully saturated rings. The van der Waals surface area contributed by atoms with Crippen molar-refractivity contribution in [3.63, 3.8) is 0 Å². The number of carbonyl (C=O) groups is 1. The van der Waals surface area contributed by atoms with E-state index in [-0.39, 0.29) is 11.7 Å². The maximum Gasteiger partial charge on any atom is 0.316 e. The summed E-state index contributed by atoms with van der Waals surface area (Å²) in [5.74, 6) is 0.739. The highest BCUT2D eigenvalue weighted by molar-refractivity contribution is 8.01. The molecule has 19 heavy (non-hydrogen) atoms. The summed E-state index contributed by atoms with van der Waals surface area (Å²) in [6, 6.07) is 7.61. The number of hydrogen-bond donors (Lipinski definition) is 0. The Balaban J connectivity index is 2.09. The molecule has 2 rings (SSSR count). The highest BCUT2D eigenvalue weighted by Gasteiger charge is 2.10. The van der Waals surface area contributed by atoms with Crippen molar-refractivity contribution in [2.75, 3.05) is 20.0 Å². The first-order chi connectivity index (χ1) is 9.22. The Hall–Kier alpha value is -1.60. The molecule has 1 heterocycles. The van der Waals surface area contributed by atoms with E-state index in [4.69, 9.17) is 4.74 Å². The number of rotatable bonds is 5. The van der Waals surface area contributed by atoms with Crippen molar-refractivity contribution < 1.29 is 14.3 Å². The number of ether oxygens (including phenoxy) is 2. The van der Waals surface area contributed by atoms with Crippen LogP contribution in [0.15, 0.2) is 28.6 Å². The summed E-state index contributed by atoms with van der Waals surface area (Å²) < 4.78 is 10.5. The monoisotopic (exact) mass is 296 g/mol. The molecule has 1 aromatic heterocycles. The Kier molecular flexibility index (Phi) is 4.75. The zero-order valence-corrected chi connectivity index (χ0v) is 12.1. The molecule has 1 aromatic carbocycles. The molecule has 7 heteroatoms. The van der Waals surface area contributed by atoms with E-state index in [1.807, 2.05) is 24.3 Å². The Bertz CT molecular complexity index is 572. The number of hydrogen-bond acceptors (Lipinski definition) is 7. The first-order valence-corrected chi connectivity index (χ1v) is 7.20. The van der Waals surface area contributed by atoms with Crippen LogP contribution in [0.5, 0.6) is 5.75 Å². The lowest BCUT2D eigenvalue weighted by molar-refractivity contribution is -0.137. The third-order valence-corrected chi connectivity index (χ3v) is 4.34. The van der Waals surface area contributed by atoms with E-state index < -0.39 is 0 Å². The summed E-state index contributed by atoms with van der Waals surface area (Å²) in [5.41, 5.74) is 0.946. The van der Waals surface area contributed by atoms with Crippen molar-refractivity contribution in [3.05, 3.63) is 24.3 Å². The van der Waals surface area contributed by atoms with E-state index >= 15 is 0 Å². The zero-order valence-electron chi connectivity index (χ0n) is 10.5. The summed E-state index contributed by atoms with van der Waals surface area (Å²) in [4.78, 5) is 11.0. The van der Waals surface area contributed by atoms with Crippen LogP contribution in [-0.4, -0.2) is 36.1 Å². The number of benzene rings is 1. The SMILES string of the molecule is COC(=O)CSc1nnc(-c2cccc(OC)c2)s1. The Labute approximate surface area is 119 Å². The van der Waals surface area contributed by atoms with Gasteiger partial charge in [-0.1, -0.05) is 35.2 Å². The van der Waals surface area contributed by atoms with Gasteiger partial charge in [0.2, 0.25) is 0 Å². The third kappa shape index (κ3) is 3.68. The summed E-state index contributed by atoms with van der Waals surface area (Å²) in [6.45, 7) is 0. The molecule has 0 spiro atoms. The second kappa shape index (κ2) is 6.53. The Morgan fingerprint density at radius 2 is 2.21 bits per heavy atom. The van der Waals surface area contributed by atoms with Gasteiger partial charge >= 0.3 is 5.97 Å². The van der Waals surface area contributed by atoms with Crippen LogP contribution in [0.1, 0.15) is 0 Å². The second-order valence-electron chi connectivity index (χ2n) is 3.47. The largest absolute Gasteiger partial charge is 0.497 e. The maximum absolute atomic E-state index is 11.0. The third-order valence-electron chi connectivity index (χ3n) is 2.26. The van der Waals surface area contributed by atoms with E-state index in [9.17, 15) is 4.79 Å². The number of esters is 1. The standard InChI is InChI=1S/C12H12N2O3S2/c1-16-9-5-3-4-8(6-9)11-13-14-12(19-11)18-7-10(15)17-2/h3-6H,7H2,1-2H3. The first kappa shape index (κ1) is 13.8. The molecule has 0 unspecified atom stereocenters. The summed E-state index contributed by atoms with van der Waals surface area (Å²) >= 11 is 2.75. The minimum absolute atomic E-state index is 0.239. The van der Waals surface area contributed by atoms with Gasteiger partial charge in [0.1, 0.15) is 10.8 Å². The first-order valence-electron chi connectivity index (χ1n) is 5.40. The van der Waals surface area contributed by atoms with Crippen molar-refractivity contribution in [1.82, 2.24) is 10.2 Å². The van der Waals surface area contributed by atoms with Crippen LogP contribution in [0.25, 0.3) is 10.6 Å². The molecule has 0 amide bonds. The van der Waals surface area contributed by atoms with Crippen molar-refractivity contribution in [3.8, 4) is 16.3 Å². The van der Waals surface area contributed by atoms with Gasteiger partial charge < -0.3 is 9.47 Å². The van der Waals surface area contributed by atoms with Crippen molar-refractivity contribution in [2.24, 2.45) is 0 Å². The van der Waals surface area contributed by atoms with E-state index in [1.54, 1.807) is 7.11 Å². The quantitative estimate of drug-likeness (QED) is 0.624. The van der Waals surface area contributed by atoms with Crippen LogP contribution in [0.4, 0.5) is 0 Å². The van der Waals surface area contributed by atoms with Crippen LogP contribution in [-0.2, 0) is 9.53 Å². The van der Waals surface area contributed by atoms with Crippen molar-refractivity contribution in [1.29, 1.82) is 0 Å². The molecule has 0 radical (unpaired) electrons. The number of thioether (sulfide) groups is 1. The number of aromatic nitrogens is 2. The summed E-state index contributed by atoms with van der Waals surface area (Å²) in [7, 11) is 2.99. The molecule has 0 saturated heterocycles. The lowest BCUT2D eigenvalue weighted by atomic mass is 10.2. The Morgan fingerprint density at radius 3 is 2.95 bits per heavy atom. The van der Waals surface area contributed by atoms with Gasteiger partial charge in [0, 0.05) is 5.56 Å². The fraction of sp³-hybridized carbons (Fsp3) is 0.250. The van der Waals surface area contributed by atoms with Crippen LogP contribution in [0, 0.1) is 0 Å². The highest BCUT2D eigenvalue weighted by Crippen LogP contribution is 2.30. The molecule has 0 bridgehead atoms. The molecule has 2 aromatic rings. The van der Waals surface area contributed by atoms with Crippen LogP contribution < -0.4 is 4.74 Å². The van der Waals surface area contributed by atoms with Crippen LogP contribution in [0.3, 0.4) is 0 Å². The fourth-order valence-corrected chi connectivity index (χ4v) is 3.00. The van der Waals surface area contributed by atoms with Gasteiger partial charge in [-0.25, -0.2) is 0 Å². The van der Waals surface area contributed by atoms with Crippen LogP contribution in [0.2, 0.25) is 0 Å². The fourth-order valence-electron chi connectivity index (χ4n) is 1.32. The average molecular weight is 296 g/mol. The lowest BCUT2D eigenvalue weighted by Crippen LogP contribution is -2.02. The molecule has 0 aliphatic heterocycles. The molecule has 0 atom stereocenters. The Morgan fingerprint density at radius 1 is 1.37 bits per heavy atom. The minimum atomic E-state index is -0.275. The molecule has 0 N–H and O–H groups in total. The van der Waals surface area contributed by atoms with E-state index in [0.29, 0.717) is 0 Å². The van der Waals surface area contributed by atoms with E-state index in [1.165, 1.54) is 30.2 Å². The van der Waals surface area contributed by atoms with Gasteiger partial charge in [0.25, 0.3) is 0 Å². The number of carbonyl (C=O) groups excluding carboxylic acids is 1. The number of methoxy groups -OCH3 is 2. The number of nitrogens with zero attached hydrogens (tertiary/aromatic N) is 2. The second-order valence-corrected chi connectivity index (χ2v) is 5.67. The predicted octanol–water partition coefficient (Wildman–Crippen LogP) is 2.48. The van der Waals surface area contributed by atoms with E-state index in [2.05, 4.69) is 14.9 Å². The minimum Gasteiger partial charge on any atom is -0.497 e. The lowest BCUT2D eigenvalue weighted by Gasteiger charge is -2.00. The van der Waals surface area contributed by atoms with Crippen LogP contribution >= 0.6 is 23.1 Å². The van der Waals surface area contributed by atoms with Gasteiger partial charge in [0.05, 0.1) is 20.0 Å². The molecule has 0 aliphatic rings. The maximum atomic E-state index is 11.0. The van der Waals surface area contributed by atoms with Gasteiger partial charge in [-0.3, -0.25) is 4.79 Å². The summed E-state index contributed by atoms with van der Waals surface area (Å²) in [6.07, 6.45) is 0. The summed E-state index contributed by atoms with van der Waals surface area (Å²) in [5, 5.41) is 8.94. The highest BCUT2D eigenvalue weighted by atomic mass is 32.2. The van der Waals surface area contributed by atoms with Gasteiger partial charge in [-0.05, 0) is 12.1 Å². The van der Waals surface area contributed by atoms with E-state index in [0.717, 1.165) is 20.7 Å². The van der Waals surface area contributed by atoms with Crippen molar-refractivity contribution >= 4 is 29.1 Å². The molecule has 100 valence electrons. The molecular formula is C12H12N2O3S2. The molecule has 5 nitrogen and oxygen atoms in total. The normalized spacial score (nSPS) is 10.2. The smallest absolute Gasteiger partial charge is 0.316 e. The van der Waals surface area contributed by atoms with Gasteiger partial charge in [0.15, 0.2) is 4.34 Å². The topological polar surface area (TPSA) is 61.3 Å². The van der Waals surface area contributed by atoms with Crippen molar-refractivity contribution in [2.45, 2.75) is 4.34 Å². The van der Waals surface area contributed by atoms with Gasteiger partial charge in [-0.15, -0.1) is 10.2 Å². The average Bonchev–Trinajstić information content (AvgIpc) is 2.93. The molecule has 0 saturated carbocycles.